The molecule has 2 aliphatic heterocycles. The van der Waals surface area contributed by atoms with Gasteiger partial charge in [0, 0.05) is 25.2 Å². The molecule has 1 amide bonds. The number of benzene rings is 1. The highest BCUT2D eigenvalue weighted by atomic mass is 35.5. The van der Waals surface area contributed by atoms with Gasteiger partial charge in [-0.25, -0.2) is 9.37 Å². The van der Waals surface area contributed by atoms with E-state index >= 15 is 0 Å². The van der Waals surface area contributed by atoms with E-state index < -0.39 is 5.82 Å². The first-order valence-corrected chi connectivity index (χ1v) is 7.38. The van der Waals surface area contributed by atoms with Gasteiger partial charge in [-0.3, -0.25) is 4.79 Å². The average Bonchev–Trinajstić information content (AvgIpc) is 3.03. The van der Waals surface area contributed by atoms with Gasteiger partial charge in [0.05, 0.1) is 17.4 Å². The lowest BCUT2D eigenvalue weighted by atomic mass is 10.1. The van der Waals surface area contributed by atoms with Crippen molar-refractivity contribution >= 4 is 41.8 Å². The Hall–Kier alpha value is -1.37. The van der Waals surface area contributed by atoms with Crippen LogP contribution in [0, 0.1) is 5.82 Å². The summed E-state index contributed by atoms with van der Waals surface area (Å²) >= 11 is 0. The molecule has 23 heavy (non-hydrogen) atoms. The summed E-state index contributed by atoms with van der Waals surface area (Å²) in [5.74, 6) is -0.537. The van der Waals surface area contributed by atoms with E-state index in [9.17, 15) is 9.18 Å². The van der Waals surface area contributed by atoms with Gasteiger partial charge in [-0.1, -0.05) is 0 Å². The van der Waals surface area contributed by atoms with Gasteiger partial charge in [0.15, 0.2) is 0 Å². The van der Waals surface area contributed by atoms with Crippen molar-refractivity contribution in [1.82, 2.24) is 20.2 Å². The standard InChI is InChI=1S/C15H17FN4O.2ClH/c16-9-5-12(14-13(6-9)17-8-18-14)15(21)20-4-3-10-1-2-11(7-20)19-10;;/h5-6,8,10-11,19H,1-4,7H2,(H,17,18);2*1H. The Morgan fingerprint density at radius 2 is 2.00 bits per heavy atom. The summed E-state index contributed by atoms with van der Waals surface area (Å²) in [5, 5.41) is 3.54. The Labute approximate surface area is 145 Å². The Morgan fingerprint density at radius 1 is 1.22 bits per heavy atom. The molecule has 2 atom stereocenters. The second kappa shape index (κ2) is 7.03. The molecule has 4 rings (SSSR count). The number of aromatic nitrogens is 2. The maximum absolute atomic E-state index is 13.7. The topological polar surface area (TPSA) is 61.0 Å². The molecule has 0 radical (unpaired) electrons. The molecule has 2 aliphatic rings. The Kier molecular flexibility index (Phi) is 5.49. The number of rotatable bonds is 1. The number of fused-ring (bicyclic) bond motifs is 3. The largest absolute Gasteiger partial charge is 0.344 e. The van der Waals surface area contributed by atoms with E-state index in [0.29, 0.717) is 35.2 Å². The predicted molar refractivity (Wildman–Crippen MR) is 91.0 cm³/mol. The van der Waals surface area contributed by atoms with Crippen molar-refractivity contribution in [3.8, 4) is 0 Å². The van der Waals surface area contributed by atoms with Gasteiger partial charge in [-0.2, -0.15) is 0 Å². The molecule has 2 saturated heterocycles. The molecule has 2 N–H and O–H groups in total. The second-order valence-electron chi connectivity index (χ2n) is 5.93. The van der Waals surface area contributed by atoms with Crippen LogP contribution in [0.4, 0.5) is 4.39 Å². The van der Waals surface area contributed by atoms with Crippen molar-refractivity contribution in [3.05, 3.63) is 29.8 Å². The number of hydrogen-bond donors (Lipinski definition) is 2. The van der Waals surface area contributed by atoms with Crippen molar-refractivity contribution in [2.24, 2.45) is 0 Å². The lowest BCUT2D eigenvalue weighted by Crippen LogP contribution is -2.39. The quantitative estimate of drug-likeness (QED) is 0.821. The van der Waals surface area contributed by atoms with Crippen LogP contribution in [0.1, 0.15) is 29.6 Å². The maximum Gasteiger partial charge on any atom is 0.256 e. The Balaban J connectivity index is 0.000000960. The summed E-state index contributed by atoms with van der Waals surface area (Å²) < 4.78 is 13.7. The summed E-state index contributed by atoms with van der Waals surface area (Å²) in [6.07, 6.45) is 4.75. The number of halogens is 3. The van der Waals surface area contributed by atoms with Crippen molar-refractivity contribution in [2.45, 2.75) is 31.3 Å². The number of imidazole rings is 1. The molecule has 2 bridgehead atoms. The van der Waals surface area contributed by atoms with Gasteiger partial charge in [0.25, 0.3) is 5.91 Å². The first-order valence-electron chi connectivity index (χ1n) is 7.38. The third-order valence-electron chi connectivity index (χ3n) is 4.53. The number of H-pyrrole nitrogens is 1. The smallest absolute Gasteiger partial charge is 0.256 e. The van der Waals surface area contributed by atoms with E-state index in [4.69, 9.17) is 0 Å². The molecular formula is C15H19Cl2FN4O. The van der Waals surface area contributed by atoms with E-state index in [2.05, 4.69) is 15.3 Å². The van der Waals surface area contributed by atoms with Gasteiger partial charge < -0.3 is 15.2 Å². The fourth-order valence-electron chi connectivity index (χ4n) is 3.48. The summed E-state index contributed by atoms with van der Waals surface area (Å²) in [6, 6.07) is 3.54. The summed E-state index contributed by atoms with van der Waals surface area (Å²) in [7, 11) is 0. The number of nitrogens with zero attached hydrogens (tertiary/aromatic N) is 2. The van der Waals surface area contributed by atoms with Crippen LogP contribution in [0.2, 0.25) is 0 Å². The zero-order valence-corrected chi connectivity index (χ0v) is 14.1. The zero-order chi connectivity index (χ0) is 14.4. The Morgan fingerprint density at radius 3 is 2.83 bits per heavy atom. The first-order chi connectivity index (χ1) is 10.2. The van der Waals surface area contributed by atoms with Gasteiger partial charge in [0.1, 0.15) is 11.3 Å². The van der Waals surface area contributed by atoms with E-state index in [-0.39, 0.29) is 30.7 Å². The van der Waals surface area contributed by atoms with Crippen LogP contribution < -0.4 is 5.32 Å². The van der Waals surface area contributed by atoms with Crippen molar-refractivity contribution in [1.29, 1.82) is 0 Å². The monoisotopic (exact) mass is 360 g/mol. The minimum atomic E-state index is -0.412. The SMILES string of the molecule is Cl.Cl.O=C(c1cc(F)cc2[nH]cnc12)N1CCC2CCC(C1)N2. The summed E-state index contributed by atoms with van der Waals surface area (Å²) in [6.45, 7) is 1.41. The van der Waals surface area contributed by atoms with Crippen LogP contribution >= 0.6 is 24.8 Å². The molecule has 1 aromatic carbocycles. The van der Waals surface area contributed by atoms with Crippen molar-refractivity contribution in [2.75, 3.05) is 13.1 Å². The lowest BCUT2D eigenvalue weighted by Gasteiger charge is -2.24. The predicted octanol–water partition coefficient (Wildman–Crippen LogP) is 2.51. The molecule has 8 heteroatoms. The molecule has 0 aliphatic carbocycles. The van der Waals surface area contributed by atoms with Gasteiger partial charge in [0.2, 0.25) is 0 Å². The summed E-state index contributed by atoms with van der Waals surface area (Å²) in [4.78, 5) is 21.6. The van der Waals surface area contributed by atoms with Crippen LogP contribution in [-0.2, 0) is 0 Å². The minimum absolute atomic E-state index is 0. The molecule has 0 saturated carbocycles. The van der Waals surface area contributed by atoms with Crippen LogP contribution in [0.15, 0.2) is 18.5 Å². The third kappa shape index (κ3) is 3.29. The number of carbonyl (C=O) groups excluding carboxylic acids is 1. The van der Waals surface area contributed by atoms with Crippen molar-refractivity contribution in [3.63, 3.8) is 0 Å². The highest BCUT2D eigenvalue weighted by Crippen LogP contribution is 2.24. The van der Waals surface area contributed by atoms with Crippen LogP contribution in [0.3, 0.4) is 0 Å². The fourth-order valence-corrected chi connectivity index (χ4v) is 3.48. The molecule has 3 heterocycles. The molecule has 1 aromatic heterocycles. The number of aromatic amines is 1. The molecule has 2 aromatic rings. The number of carbonyl (C=O) groups is 1. The molecule has 126 valence electrons. The molecule has 5 nitrogen and oxygen atoms in total. The highest BCUT2D eigenvalue weighted by Gasteiger charge is 2.32. The van der Waals surface area contributed by atoms with E-state index in [1.54, 1.807) is 0 Å². The second-order valence-corrected chi connectivity index (χ2v) is 5.93. The fraction of sp³-hybridized carbons (Fsp3) is 0.467. The average molecular weight is 361 g/mol. The molecule has 2 unspecified atom stereocenters. The third-order valence-corrected chi connectivity index (χ3v) is 4.53. The van der Waals surface area contributed by atoms with Crippen molar-refractivity contribution < 1.29 is 9.18 Å². The molecule has 2 fully saturated rings. The highest BCUT2D eigenvalue weighted by molar-refractivity contribution is 6.04. The van der Waals surface area contributed by atoms with E-state index in [1.807, 2.05) is 4.90 Å². The van der Waals surface area contributed by atoms with Crippen LogP contribution in [-0.4, -0.2) is 45.9 Å². The molecule has 0 spiro atoms. The van der Waals surface area contributed by atoms with E-state index in [0.717, 1.165) is 19.4 Å². The normalized spacial score (nSPS) is 23.1. The lowest BCUT2D eigenvalue weighted by molar-refractivity contribution is 0.0749. The number of likely N-dealkylation sites (tertiary alicyclic amines) is 1. The van der Waals surface area contributed by atoms with E-state index in [1.165, 1.54) is 24.9 Å². The molecular weight excluding hydrogens is 342 g/mol. The minimum Gasteiger partial charge on any atom is -0.344 e. The van der Waals surface area contributed by atoms with Crippen LogP contribution in [0.25, 0.3) is 11.0 Å². The van der Waals surface area contributed by atoms with Crippen LogP contribution in [0.5, 0.6) is 0 Å². The number of nitrogens with one attached hydrogen (secondary N) is 2. The number of hydrogen-bond acceptors (Lipinski definition) is 3. The van der Waals surface area contributed by atoms with Gasteiger partial charge in [-0.15, -0.1) is 24.8 Å². The van der Waals surface area contributed by atoms with Gasteiger partial charge >= 0.3 is 0 Å². The summed E-state index contributed by atoms with van der Waals surface area (Å²) in [5.41, 5.74) is 1.46. The number of amides is 1. The van der Waals surface area contributed by atoms with Gasteiger partial charge in [-0.05, 0) is 31.4 Å². The maximum atomic E-state index is 13.7. The first kappa shape index (κ1) is 18.0. The Bertz CT molecular complexity index is 708. The zero-order valence-electron chi connectivity index (χ0n) is 12.4.